The van der Waals surface area contributed by atoms with Crippen LogP contribution < -0.4 is 5.32 Å². The molecule has 0 fully saturated rings. The molecule has 1 unspecified atom stereocenters. The first-order chi connectivity index (χ1) is 8.97. The van der Waals surface area contributed by atoms with Crippen molar-refractivity contribution in [3.63, 3.8) is 0 Å². The Morgan fingerprint density at radius 1 is 1.37 bits per heavy atom. The van der Waals surface area contributed by atoms with Gasteiger partial charge in [0.25, 0.3) is 5.69 Å². The summed E-state index contributed by atoms with van der Waals surface area (Å²) in [4.78, 5) is 13.0. The van der Waals surface area contributed by atoms with Gasteiger partial charge in [-0.25, -0.2) is 0 Å². The topological polar surface area (TPSA) is 55.2 Å². The molecule has 6 heteroatoms. The van der Waals surface area contributed by atoms with Crippen molar-refractivity contribution in [3.8, 4) is 0 Å². The number of nitro benzene ring substituents is 1. The van der Waals surface area contributed by atoms with E-state index in [2.05, 4.69) is 40.3 Å². The lowest BCUT2D eigenvalue weighted by atomic mass is 10.2. The monoisotopic (exact) mass is 340 g/mol. The fourth-order valence-corrected chi connectivity index (χ4v) is 3.02. The average Bonchev–Trinajstić information content (AvgIpc) is 2.78. The normalized spacial score (nSPS) is 12.2. The summed E-state index contributed by atoms with van der Waals surface area (Å²) in [6.07, 6.45) is 0. The minimum absolute atomic E-state index is 0.0690. The maximum absolute atomic E-state index is 10.9. The van der Waals surface area contributed by atoms with Crippen LogP contribution in [0.1, 0.15) is 22.7 Å². The summed E-state index contributed by atoms with van der Waals surface area (Å²) < 4.78 is 0.489. The van der Waals surface area contributed by atoms with E-state index in [0.29, 0.717) is 4.47 Å². The van der Waals surface area contributed by atoms with Gasteiger partial charge in [-0.3, -0.25) is 10.1 Å². The Kier molecular flexibility index (Phi) is 4.21. The second kappa shape index (κ2) is 5.71. The highest BCUT2D eigenvalue weighted by Gasteiger charge is 2.14. The number of thiophene rings is 1. The Balaban J connectivity index is 2.19. The molecule has 0 saturated carbocycles. The number of nitrogens with zero attached hydrogens (tertiary/aromatic N) is 1. The van der Waals surface area contributed by atoms with Crippen molar-refractivity contribution < 1.29 is 4.92 Å². The smallest absolute Gasteiger partial charge is 0.285 e. The zero-order valence-corrected chi connectivity index (χ0v) is 12.9. The zero-order chi connectivity index (χ0) is 14.0. The summed E-state index contributed by atoms with van der Waals surface area (Å²) in [6.45, 7) is 4.10. The molecule has 1 aromatic heterocycles. The SMILES string of the molecule is Cc1ccc(C(C)Nc2ccc(Br)c([N+](=O)[O-])c2)s1. The number of nitrogens with one attached hydrogen (secondary N) is 1. The van der Waals surface area contributed by atoms with Gasteiger partial charge in [-0.2, -0.15) is 0 Å². The first-order valence-electron chi connectivity index (χ1n) is 5.74. The number of anilines is 1. The van der Waals surface area contributed by atoms with Crippen LogP contribution in [0.5, 0.6) is 0 Å². The second-order valence-electron chi connectivity index (χ2n) is 4.24. The lowest BCUT2D eigenvalue weighted by Crippen LogP contribution is -2.05. The Labute approximate surface area is 123 Å². The van der Waals surface area contributed by atoms with Gasteiger partial charge in [-0.15, -0.1) is 11.3 Å². The number of hydrogen-bond donors (Lipinski definition) is 1. The van der Waals surface area contributed by atoms with Crippen LogP contribution in [0.2, 0.25) is 0 Å². The molecule has 0 aliphatic carbocycles. The minimum atomic E-state index is -0.394. The van der Waals surface area contributed by atoms with Gasteiger partial charge in [0.1, 0.15) is 0 Å². The predicted octanol–water partition coefficient (Wildman–Crippen LogP) is 4.90. The summed E-state index contributed by atoms with van der Waals surface area (Å²) in [6, 6.07) is 9.33. The fraction of sp³-hybridized carbons (Fsp3) is 0.231. The molecular formula is C13H13BrN2O2S. The summed E-state index contributed by atoms with van der Waals surface area (Å²) in [5, 5.41) is 14.2. The molecule has 0 amide bonds. The van der Waals surface area contributed by atoms with Gasteiger partial charge >= 0.3 is 0 Å². The number of halogens is 1. The second-order valence-corrected chi connectivity index (χ2v) is 6.41. The van der Waals surface area contributed by atoms with Gasteiger partial charge in [0.15, 0.2) is 0 Å². The summed E-state index contributed by atoms with van der Waals surface area (Å²) in [7, 11) is 0. The average molecular weight is 341 g/mol. The van der Waals surface area contributed by atoms with E-state index in [1.807, 2.05) is 13.0 Å². The molecule has 0 aliphatic heterocycles. The quantitative estimate of drug-likeness (QED) is 0.636. The molecule has 2 aromatic rings. The molecule has 0 aliphatic rings. The highest BCUT2D eigenvalue weighted by atomic mass is 79.9. The van der Waals surface area contributed by atoms with E-state index in [0.717, 1.165) is 5.69 Å². The third kappa shape index (κ3) is 3.33. The first kappa shape index (κ1) is 14.0. The van der Waals surface area contributed by atoms with E-state index in [4.69, 9.17) is 0 Å². The van der Waals surface area contributed by atoms with Crippen molar-refractivity contribution in [2.75, 3.05) is 5.32 Å². The maximum Gasteiger partial charge on any atom is 0.285 e. The summed E-state index contributed by atoms with van der Waals surface area (Å²) in [5.41, 5.74) is 0.813. The van der Waals surface area contributed by atoms with Crippen molar-refractivity contribution in [3.05, 3.63) is 54.7 Å². The van der Waals surface area contributed by atoms with Crippen LogP contribution in [0.25, 0.3) is 0 Å². The molecule has 2 rings (SSSR count). The van der Waals surface area contributed by atoms with Crippen LogP contribution in [0.15, 0.2) is 34.8 Å². The molecule has 100 valence electrons. The number of rotatable bonds is 4. The lowest BCUT2D eigenvalue weighted by Gasteiger charge is -2.13. The third-order valence-corrected chi connectivity index (χ3v) is 4.57. The lowest BCUT2D eigenvalue weighted by molar-refractivity contribution is -0.385. The Morgan fingerprint density at radius 2 is 2.11 bits per heavy atom. The van der Waals surface area contributed by atoms with E-state index in [-0.39, 0.29) is 11.7 Å². The van der Waals surface area contributed by atoms with E-state index in [1.54, 1.807) is 23.5 Å². The van der Waals surface area contributed by atoms with Crippen molar-refractivity contribution in [1.29, 1.82) is 0 Å². The van der Waals surface area contributed by atoms with E-state index >= 15 is 0 Å². The molecule has 4 nitrogen and oxygen atoms in total. The van der Waals surface area contributed by atoms with Crippen molar-refractivity contribution in [2.24, 2.45) is 0 Å². The fourth-order valence-electron chi connectivity index (χ4n) is 1.75. The standard InChI is InChI=1S/C13H13BrN2O2S/c1-8-3-6-13(19-8)9(2)15-10-4-5-11(14)12(7-10)16(17)18/h3-7,9,15H,1-2H3. The molecule has 0 spiro atoms. The minimum Gasteiger partial charge on any atom is -0.378 e. The molecule has 1 atom stereocenters. The van der Waals surface area contributed by atoms with Gasteiger partial charge in [0, 0.05) is 21.5 Å². The van der Waals surface area contributed by atoms with Crippen LogP contribution in [0.3, 0.4) is 0 Å². The molecule has 1 aromatic carbocycles. The number of hydrogen-bond acceptors (Lipinski definition) is 4. The molecule has 1 heterocycles. The van der Waals surface area contributed by atoms with Crippen molar-refractivity contribution in [1.82, 2.24) is 0 Å². The third-order valence-electron chi connectivity index (χ3n) is 2.71. The summed E-state index contributed by atoms with van der Waals surface area (Å²) >= 11 is 4.90. The Morgan fingerprint density at radius 3 is 2.68 bits per heavy atom. The molecule has 1 N–H and O–H groups in total. The molecular weight excluding hydrogens is 328 g/mol. The maximum atomic E-state index is 10.9. The molecule has 19 heavy (non-hydrogen) atoms. The van der Waals surface area contributed by atoms with Gasteiger partial charge in [-0.05, 0) is 54.0 Å². The van der Waals surface area contributed by atoms with E-state index < -0.39 is 4.92 Å². The molecule has 0 radical (unpaired) electrons. The number of aryl methyl sites for hydroxylation is 1. The van der Waals surface area contributed by atoms with E-state index in [9.17, 15) is 10.1 Å². The highest BCUT2D eigenvalue weighted by Crippen LogP contribution is 2.31. The van der Waals surface area contributed by atoms with Gasteiger partial charge in [0.05, 0.1) is 15.4 Å². The Bertz CT molecular complexity index is 612. The van der Waals surface area contributed by atoms with E-state index in [1.165, 1.54) is 9.75 Å². The molecule has 0 saturated heterocycles. The van der Waals surface area contributed by atoms with Gasteiger partial charge < -0.3 is 5.32 Å². The van der Waals surface area contributed by atoms with Crippen LogP contribution in [0.4, 0.5) is 11.4 Å². The Hall–Kier alpha value is -1.40. The number of nitro groups is 1. The van der Waals surface area contributed by atoms with Crippen LogP contribution in [0, 0.1) is 17.0 Å². The largest absolute Gasteiger partial charge is 0.378 e. The highest BCUT2D eigenvalue weighted by molar-refractivity contribution is 9.10. The number of benzene rings is 1. The van der Waals surface area contributed by atoms with Crippen LogP contribution in [-0.4, -0.2) is 4.92 Å². The van der Waals surface area contributed by atoms with Crippen LogP contribution in [-0.2, 0) is 0 Å². The van der Waals surface area contributed by atoms with Gasteiger partial charge in [-0.1, -0.05) is 0 Å². The van der Waals surface area contributed by atoms with Crippen molar-refractivity contribution in [2.45, 2.75) is 19.9 Å². The van der Waals surface area contributed by atoms with Crippen molar-refractivity contribution >= 4 is 38.6 Å². The van der Waals surface area contributed by atoms with Crippen LogP contribution >= 0.6 is 27.3 Å². The predicted molar refractivity (Wildman–Crippen MR) is 81.9 cm³/mol. The summed E-state index contributed by atoms with van der Waals surface area (Å²) in [5.74, 6) is 0. The first-order valence-corrected chi connectivity index (χ1v) is 7.35. The zero-order valence-electron chi connectivity index (χ0n) is 10.5. The molecule has 0 bridgehead atoms. The van der Waals surface area contributed by atoms with Gasteiger partial charge in [0.2, 0.25) is 0 Å².